The molecule has 2 N–H and O–H groups in total. The van der Waals surface area contributed by atoms with E-state index in [1.54, 1.807) is 0 Å². The van der Waals surface area contributed by atoms with E-state index in [-0.39, 0.29) is 0 Å². The van der Waals surface area contributed by atoms with Gasteiger partial charge in [0, 0.05) is 18.5 Å². The molecule has 0 aliphatic rings. The van der Waals surface area contributed by atoms with Crippen LogP contribution in [-0.2, 0) is 6.54 Å². The third-order valence-electron chi connectivity index (χ3n) is 2.91. The highest BCUT2D eigenvalue weighted by Crippen LogP contribution is 2.23. The predicted molar refractivity (Wildman–Crippen MR) is 72.2 cm³/mol. The van der Waals surface area contributed by atoms with Gasteiger partial charge in [0.1, 0.15) is 11.5 Å². The summed E-state index contributed by atoms with van der Waals surface area (Å²) in [5.41, 5.74) is 2.02. The van der Waals surface area contributed by atoms with Crippen LogP contribution in [0.5, 0.6) is 0 Å². The molecule has 0 aliphatic heterocycles. The lowest BCUT2D eigenvalue weighted by Crippen LogP contribution is -2.14. The average Bonchev–Trinajstić information content (AvgIpc) is 3.02. The summed E-state index contributed by atoms with van der Waals surface area (Å²) in [4.78, 5) is 0. The monoisotopic (exact) mass is 258 g/mol. The summed E-state index contributed by atoms with van der Waals surface area (Å²) in [7, 11) is 0. The maximum Gasteiger partial charge on any atom is 0.152 e. The zero-order chi connectivity index (χ0) is 13.5. The van der Waals surface area contributed by atoms with Crippen LogP contribution in [0.4, 0.5) is 0 Å². The second-order valence-electron chi connectivity index (χ2n) is 4.47. The van der Waals surface area contributed by atoms with Gasteiger partial charge in [0.2, 0.25) is 0 Å². The van der Waals surface area contributed by atoms with Crippen molar-refractivity contribution in [3.63, 3.8) is 0 Å². The van der Waals surface area contributed by atoms with Gasteiger partial charge in [-0.2, -0.15) is 10.4 Å². The molecule has 5 nitrogen and oxygen atoms in total. The summed E-state index contributed by atoms with van der Waals surface area (Å²) in [6.07, 6.45) is 4.40. The highest BCUT2D eigenvalue weighted by Gasteiger charge is 2.10. The number of aromatic nitrogens is 2. The second kappa shape index (κ2) is 6.76. The summed E-state index contributed by atoms with van der Waals surface area (Å²) >= 11 is 0. The fraction of sp³-hybridized carbons (Fsp3) is 0.429. The van der Waals surface area contributed by atoms with Crippen molar-refractivity contribution in [3.8, 4) is 17.5 Å². The molecule has 0 aliphatic carbocycles. The number of unbranched alkanes of at least 4 members (excludes halogenated alkanes) is 2. The smallest absolute Gasteiger partial charge is 0.152 e. The lowest BCUT2D eigenvalue weighted by molar-refractivity contribution is 0.545. The van der Waals surface area contributed by atoms with E-state index in [0.717, 1.165) is 48.7 Å². The Bertz CT molecular complexity index is 550. The first-order chi connectivity index (χ1) is 9.31. The van der Waals surface area contributed by atoms with Crippen LogP contribution in [-0.4, -0.2) is 16.7 Å². The van der Waals surface area contributed by atoms with Gasteiger partial charge in [0.05, 0.1) is 12.3 Å². The number of nitrogens with zero attached hydrogens (tertiary/aromatic N) is 2. The van der Waals surface area contributed by atoms with Crippen LogP contribution in [0.15, 0.2) is 22.7 Å². The number of H-pyrrole nitrogens is 1. The Kier molecular flexibility index (Phi) is 4.76. The molecule has 0 aromatic carbocycles. The van der Waals surface area contributed by atoms with Gasteiger partial charge in [-0.05, 0) is 38.4 Å². The van der Waals surface area contributed by atoms with E-state index in [0.29, 0.717) is 6.42 Å². The number of aryl methyl sites for hydroxylation is 1. The van der Waals surface area contributed by atoms with Crippen LogP contribution in [0.25, 0.3) is 11.5 Å². The Labute approximate surface area is 112 Å². The number of aromatic amines is 1. The van der Waals surface area contributed by atoms with Gasteiger partial charge in [-0.1, -0.05) is 0 Å². The van der Waals surface area contributed by atoms with Crippen LogP contribution >= 0.6 is 0 Å². The molecule has 2 aromatic heterocycles. The summed E-state index contributed by atoms with van der Waals surface area (Å²) in [6, 6.07) is 6.03. The zero-order valence-electron chi connectivity index (χ0n) is 11.1. The first-order valence-corrected chi connectivity index (χ1v) is 6.48. The number of rotatable bonds is 7. The molecule has 2 aromatic rings. The minimum absolute atomic E-state index is 0.629. The highest BCUT2D eigenvalue weighted by molar-refractivity contribution is 5.56. The number of hydrogen-bond donors (Lipinski definition) is 2. The molecule has 100 valence electrons. The Morgan fingerprint density at radius 1 is 1.42 bits per heavy atom. The molecule has 19 heavy (non-hydrogen) atoms. The largest absolute Gasteiger partial charge is 0.460 e. The minimum Gasteiger partial charge on any atom is -0.460 e. The van der Waals surface area contributed by atoms with Gasteiger partial charge in [-0.25, -0.2) is 0 Å². The molecular weight excluding hydrogens is 240 g/mol. The summed E-state index contributed by atoms with van der Waals surface area (Å²) in [5, 5.41) is 18.8. The van der Waals surface area contributed by atoms with Crippen molar-refractivity contribution in [1.29, 1.82) is 5.26 Å². The molecule has 0 spiro atoms. The normalized spacial score (nSPS) is 10.5. The van der Waals surface area contributed by atoms with Crippen LogP contribution in [0.3, 0.4) is 0 Å². The van der Waals surface area contributed by atoms with Gasteiger partial charge in [0.25, 0.3) is 0 Å². The van der Waals surface area contributed by atoms with E-state index in [1.807, 2.05) is 25.3 Å². The van der Waals surface area contributed by atoms with Crippen molar-refractivity contribution >= 4 is 0 Å². The van der Waals surface area contributed by atoms with E-state index >= 15 is 0 Å². The van der Waals surface area contributed by atoms with E-state index < -0.39 is 0 Å². The Morgan fingerprint density at radius 2 is 2.32 bits per heavy atom. The van der Waals surface area contributed by atoms with Crippen molar-refractivity contribution in [2.24, 2.45) is 0 Å². The SMILES string of the molecule is Cc1ccc(-c2[nH]ncc2CNCCCCC#N)o1. The Hall–Kier alpha value is -2.06. The van der Waals surface area contributed by atoms with E-state index in [4.69, 9.17) is 9.68 Å². The fourth-order valence-corrected chi connectivity index (χ4v) is 1.90. The third kappa shape index (κ3) is 3.70. The molecule has 0 unspecified atom stereocenters. The number of nitriles is 1. The number of hydrogen-bond acceptors (Lipinski definition) is 4. The van der Waals surface area contributed by atoms with E-state index in [2.05, 4.69) is 21.6 Å². The molecule has 5 heteroatoms. The van der Waals surface area contributed by atoms with Gasteiger partial charge >= 0.3 is 0 Å². The maximum absolute atomic E-state index is 8.44. The molecule has 0 saturated heterocycles. The number of nitrogens with one attached hydrogen (secondary N) is 2. The topological polar surface area (TPSA) is 77.6 Å². The van der Waals surface area contributed by atoms with Crippen LogP contribution < -0.4 is 5.32 Å². The van der Waals surface area contributed by atoms with E-state index in [1.165, 1.54) is 0 Å². The second-order valence-corrected chi connectivity index (χ2v) is 4.47. The van der Waals surface area contributed by atoms with Crippen molar-refractivity contribution in [2.45, 2.75) is 32.7 Å². The number of furan rings is 1. The molecule has 2 rings (SSSR count). The van der Waals surface area contributed by atoms with E-state index in [9.17, 15) is 0 Å². The molecular formula is C14H18N4O. The summed E-state index contributed by atoms with van der Waals surface area (Å²) < 4.78 is 5.59. The van der Waals surface area contributed by atoms with Crippen LogP contribution in [0, 0.1) is 18.3 Å². The van der Waals surface area contributed by atoms with Crippen LogP contribution in [0.1, 0.15) is 30.6 Å². The molecule has 0 fully saturated rings. The van der Waals surface area contributed by atoms with Crippen LogP contribution in [0.2, 0.25) is 0 Å². The Morgan fingerprint density at radius 3 is 3.05 bits per heavy atom. The van der Waals surface area contributed by atoms with Gasteiger partial charge in [-0.3, -0.25) is 5.10 Å². The van der Waals surface area contributed by atoms with Crippen molar-refractivity contribution < 1.29 is 4.42 Å². The molecule has 0 atom stereocenters. The summed E-state index contributed by atoms with van der Waals surface area (Å²) in [6.45, 7) is 3.58. The summed E-state index contributed by atoms with van der Waals surface area (Å²) in [5.74, 6) is 1.70. The highest BCUT2D eigenvalue weighted by atomic mass is 16.3. The molecule has 2 heterocycles. The lowest BCUT2D eigenvalue weighted by atomic mass is 10.2. The molecule has 0 amide bonds. The first kappa shape index (κ1) is 13.4. The average molecular weight is 258 g/mol. The minimum atomic E-state index is 0.629. The molecule has 0 radical (unpaired) electrons. The molecule has 0 saturated carbocycles. The maximum atomic E-state index is 8.44. The molecule has 0 bridgehead atoms. The predicted octanol–water partition coefficient (Wildman–Crippen LogP) is 2.76. The van der Waals surface area contributed by atoms with Crippen molar-refractivity contribution in [1.82, 2.24) is 15.5 Å². The van der Waals surface area contributed by atoms with Gasteiger partial charge in [-0.15, -0.1) is 0 Å². The lowest BCUT2D eigenvalue weighted by Gasteiger charge is -2.03. The first-order valence-electron chi connectivity index (χ1n) is 6.48. The third-order valence-corrected chi connectivity index (χ3v) is 2.91. The van der Waals surface area contributed by atoms with Gasteiger partial charge < -0.3 is 9.73 Å². The van der Waals surface area contributed by atoms with Crippen molar-refractivity contribution in [3.05, 3.63) is 29.7 Å². The standard InChI is InChI=1S/C14H18N4O/c1-11-5-6-13(19-11)14-12(10-17-18-14)9-16-8-4-2-3-7-15/h5-6,10,16H,2-4,8-9H2,1H3,(H,17,18). The fourth-order valence-electron chi connectivity index (χ4n) is 1.90. The van der Waals surface area contributed by atoms with Gasteiger partial charge in [0.15, 0.2) is 5.76 Å². The van der Waals surface area contributed by atoms with Crippen molar-refractivity contribution in [2.75, 3.05) is 6.54 Å². The quantitative estimate of drug-likeness (QED) is 0.748. The Balaban J connectivity index is 1.85. The zero-order valence-corrected chi connectivity index (χ0v) is 11.1.